The Hall–Kier alpha value is -2.23. The first-order valence-corrected chi connectivity index (χ1v) is 5.79. The van der Waals surface area contributed by atoms with Crippen molar-refractivity contribution in [2.45, 2.75) is 6.92 Å². The minimum Gasteiger partial charge on any atom is -0.344 e. The lowest BCUT2D eigenvalue weighted by Crippen LogP contribution is -2.14. The molecular weight excluding hydrogens is 248 g/mol. The predicted molar refractivity (Wildman–Crippen MR) is 70.9 cm³/mol. The summed E-state index contributed by atoms with van der Waals surface area (Å²) in [6.45, 7) is 1.32. The van der Waals surface area contributed by atoms with Crippen molar-refractivity contribution in [3.63, 3.8) is 0 Å². The van der Waals surface area contributed by atoms with Crippen LogP contribution in [-0.2, 0) is 0 Å². The van der Waals surface area contributed by atoms with E-state index in [1.807, 2.05) is 0 Å². The number of rotatable bonds is 3. The summed E-state index contributed by atoms with van der Waals surface area (Å²) < 4.78 is 26.6. The van der Waals surface area contributed by atoms with Crippen LogP contribution < -0.4 is 4.90 Å². The smallest absolute Gasteiger partial charge is 0.164 e. The molecule has 0 heterocycles. The van der Waals surface area contributed by atoms with Gasteiger partial charge in [-0.05, 0) is 43.3 Å². The Kier molecular flexibility index (Phi) is 3.60. The number of Topliss-reactive ketones (excluding diaryl/α,β-unsaturated/α-hetero) is 1. The monoisotopic (exact) mass is 261 g/mol. The van der Waals surface area contributed by atoms with Gasteiger partial charge in [0.1, 0.15) is 11.6 Å². The Morgan fingerprint density at radius 2 is 1.68 bits per heavy atom. The van der Waals surface area contributed by atoms with E-state index in [9.17, 15) is 13.6 Å². The summed E-state index contributed by atoms with van der Waals surface area (Å²) in [6, 6.07) is 10.2. The molecule has 0 aromatic heterocycles. The maximum absolute atomic E-state index is 13.7. The van der Waals surface area contributed by atoms with Crippen LogP contribution in [0.4, 0.5) is 20.2 Å². The molecule has 0 spiro atoms. The molecule has 0 N–H and O–H groups in total. The molecule has 2 nitrogen and oxygen atoms in total. The molecule has 0 aliphatic carbocycles. The maximum atomic E-state index is 13.7. The lowest BCUT2D eigenvalue weighted by Gasteiger charge is -2.22. The number of benzene rings is 2. The average Bonchev–Trinajstić information content (AvgIpc) is 2.38. The fraction of sp³-hybridized carbons (Fsp3) is 0.133. The second-order valence-electron chi connectivity index (χ2n) is 4.23. The van der Waals surface area contributed by atoms with Gasteiger partial charge in [-0.1, -0.05) is 6.07 Å². The van der Waals surface area contributed by atoms with Crippen molar-refractivity contribution in [3.05, 3.63) is 59.7 Å². The molecular formula is C15H13F2NO. The highest BCUT2D eigenvalue weighted by Gasteiger charge is 2.16. The number of ketones is 1. The van der Waals surface area contributed by atoms with E-state index >= 15 is 0 Å². The van der Waals surface area contributed by atoms with Crippen molar-refractivity contribution >= 4 is 17.2 Å². The molecule has 0 bridgehead atoms. The second-order valence-corrected chi connectivity index (χ2v) is 4.23. The standard InChI is InChI=1S/C15H13F2NO/c1-10(19)15-13(17)4-3-5-14(15)18(2)12-8-6-11(16)7-9-12/h3-9H,1-2H3. The summed E-state index contributed by atoms with van der Waals surface area (Å²) in [4.78, 5) is 13.2. The van der Waals surface area contributed by atoms with E-state index in [4.69, 9.17) is 0 Å². The highest BCUT2D eigenvalue weighted by Crippen LogP contribution is 2.29. The zero-order valence-electron chi connectivity index (χ0n) is 10.7. The van der Waals surface area contributed by atoms with Crippen molar-refractivity contribution in [1.82, 2.24) is 0 Å². The zero-order valence-corrected chi connectivity index (χ0v) is 10.7. The van der Waals surface area contributed by atoms with Crippen molar-refractivity contribution in [2.24, 2.45) is 0 Å². The van der Waals surface area contributed by atoms with Gasteiger partial charge < -0.3 is 4.90 Å². The van der Waals surface area contributed by atoms with Gasteiger partial charge in [-0.25, -0.2) is 8.78 Å². The van der Waals surface area contributed by atoms with Crippen LogP contribution in [0.2, 0.25) is 0 Å². The molecule has 0 saturated carbocycles. The molecule has 19 heavy (non-hydrogen) atoms. The predicted octanol–water partition coefficient (Wildman–Crippen LogP) is 3.94. The largest absolute Gasteiger partial charge is 0.344 e. The maximum Gasteiger partial charge on any atom is 0.164 e. The van der Waals surface area contributed by atoms with Gasteiger partial charge in [-0.3, -0.25) is 4.79 Å². The van der Waals surface area contributed by atoms with Gasteiger partial charge in [0.25, 0.3) is 0 Å². The van der Waals surface area contributed by atoms with Gasteiger partial charge in [0.2, 0.25) is 0 Å². The molecule has 0 aliphatic rings. The van der Waals surface area contributed by atoms with Gasteiger partial charge in [0.05, 0.1) is 11.3 Å². The van der Waals surface area contributed by atoms with E-state index in [1.165, 1.54) is 31.2 Å². The zero-order chi connectivity index (χ0) is 14.0. The minimum absolute atomic E-state index is 0.0364. The normalized spacial score (nSPS) is 10.3. The summed E-state index contributed by atoms with van der Waals surface area (Å²) in [7, 11) is 1.70. The highest BCUT2D eigenvalue weighted by molar-refractivity contribution is 6.00. The fourth-order valence-electron chi connectivity index (χ4n) is 1.94. The van der Waals surface area contributed by atoms with Crippen LogP contribution in [0.15, 0.2) is 42.5 Å². The van der Waals surface area contributed by atoms with Crippen molar-refractivity contribution < 1.29 is 13.6 Å². The summed E-state index contributed by atoms with van der Waals surface area (Å²) >= 11 is 0. The summed E-state index contributed by atoms with van der Waals surface area (Å²) in [5, 5.41) is 0. The van der Waals surface area contributed by atoms with Gasteiger partial charge >= 0.3 is 0 Å². The van der Waals surface area contributed by atoms with Crippen LogP contribution in [0.3, 0.4) is 0 Å². The van der Waals surface area contributed by atoms with E-state index in [-0.39, 0.29) is 17.2 Å². The number of hydrogen-bond donors (Lipinski definition) is 0. The first-order valence-electron chi connectivity index (χ1n) is 5.79. The van der Waals surface area contributed by atoms with E-state index in [0.29, 0.717) is 11.4 Å². The lowest BCUT2D eigenvalue weighted by molar-refractivity contribution is 0.101. The van der Waals surface area contributed by atoms with E-state index < -0.39 is 5.82 Å². The van der Waals surface area contributed by atoms with Gasteiger partial charge in [-0.2, -0.15) is 0 Å². The second kappa shape index (κ2) is 5.18. The SMILES string of the molecule is CC(=O)c1c(F)cccc1N(C)c1ccc(F)cc1. The van der Waals surface area contributed by atoms with Crippen LogP contribution in [0.1, 0.15) is 17.3 Å². The molecule has 0 saturated heterocycles. The van der Waals surface area contributed by atoms with E-state index in [0.717, 1.165) is 0 Å². The molecule has 2 aromatic rings. The number of anilines is 2. The molecule has 2 aromatic carbocycles. The third-order valence-corrected chi connectivity index (χ3v) is 2.92. The molecule has 98 valence electrons. The summed E-state index contributed by atoms with van der Waals surface area (Å²) in [6.07, 6.45) is 0. The number of halogens is 2. The van der Waals surface area contributed by atoms with Crippen LogP contribution in [0, 0.1) is 11.6 Å². The Balaban J connectivity index is 2.49. The quantitative estimate of drug-likeness (QED) is 0.780. The molecule has 0 unspecified atom stereocenters. The Labute approximate surface area is 110 Å². The van der Waals surface area contributed by atoms with Crippen molar-refractivity contribution in [1.29, 1.82) is 0 Å². The Bertz CT molecular complexity index is 608. The molecule has 0 amide bonds. The Morgan fingerprint density at radius 3 is 2.26 bits per heavy atom. The molecule has 0 radical (unpaired) electrons. The Morgan fingerprint density at radius 1 is 1.05 bits per heavy atom. The van der Waals surface area contributed by atoms with Gasteiger partial charge in [0.15, 0.2) is 5.78 Å². The number of hydrogen-bond acceptors (Lipinski definition) is 2. The molecule has 4 heteroatoms. The number of nitrogens with zero attached hydrogens (tertiary/aromatic N) is 1. The first-order chi connectivity index (χ1) is 9.00. The molecule has 0 atom stereocenters. The summed E-state index contributed by atoms with van der Waals surface area (Å²) in [5.41, 5.74) is 1.17. The molecule has 2 rings (SSSR count). The van der Waals surface area contributed by atoms with Crippen molar-refractivity contribution in [2.75, 3.05) is 11.9 Å². The van der Waals surface area contributed by atoms with Crippen LogP contribution in [0.5, 0.6) is 0 Å². The fourth-order valence-corrected chi connectivity index (χ4v) is 1.94. The van der Waals surface area contributed by atoms with Gasteiger partial charge in [0, 0.05) is 12.7 Å². The van der Waals surface area contributed by atoms with E-state index in [1.54, 1.807) is 30.1 Å². The van der Waals surface area contributed by atoms with Crippen LogP contribution in [-0.4, -0.2) is 12.8 Å². The van der Waals surface area contributed by atoms with E-state index in [2.05, 4.69) is 0 Å². The number of carbonyl (C=O) groups is 1. The van der Waals surface area contributed by atoms with Crippen LogP contribution >= 0.6 is 0 Å². The van der Waals surface area contributed by atoms with Crippen molar-refractivity contribution in [3.8, 4) is 0 Å². The number of carbonyl (C=O) groups excluding carboxylic acids is 1. The third-order valence-electron chi connectivity index (χ3n) is 2.92. The lowest BCUT2D eigenvalue weighted by atomic mass is 10.1. The van der Waals surface area contributed by atoms with Crippen LogP contribution in [0.25, 0.3) is 0 Å². The summed E-state index contributed by atoms with van der Waals surface area (Å²) in [5.74, 6) is -1.25. The molecule has 0 fully saturated rings. The third kappa shape index (κ3) is 2.62. The molecule has 0 aliphatic heterocycles. The highest BCUT2D eigenvalue weighted by atomic mass is 19.1. The first kappa shape index (κ1) is 13.2. The minimum atomic E-state index is -0.557. The topological polar surface area (TPSA) is 20.3 Å². The van der Waals surface area contributed by atoms with Gasteiger partial charge in [-0.15, -0.1) is 0 Å². The average molecular weight is 261 g/mol.